The maximum absolute atomic E-state index is 12.9. The molecule has 5 rings (SSSR count). The van der Waals surface area contributed by atoms with Gasteiger partial charge in [0, 0.05) is 61.3 Å². The maximum atomic E-state index is 12.9. The molecule has 0 unspecified atom stereocenters. The van der Waals surface area contributed by atoms with Crippen molar-refractivity contribution < 1.29 is 4.74 Å². The summed E-state index contributed by atoms with van der Waals surface area (Å²) in [4.78, 5) is 23.7. The van der Waals surface area contributed by atoms with Crippen LogP contribution in [0.15, 0.2) is 59.7 Å². The average molecular weight is 418 g/mol. The van der Waals surface area contributed by atoms with Crippen LogP contribution >= 0.6 is 0 Å². The normalized spacial score (nSPS) is 22.7. The van der Waals surface area contributed by atoms with Crippen molar-refractivity contribution in [3.05, 3.63) is 82.0 Å². The molecule has 2 aromatic heterocycles. The molecule has 1 aromatic carbocycles. The smallest absolute Gasteiger partial charge is 0.251 e. The number of nitrogens with two attached hydrogens (primary N) is 1. The molecule has 3 atom stereocenters. The molecule has 2 aliphatic rings. The second-order valence-electron chi connectivity index (χ2n) is 8.62. The van der Waals surface area contributed by atoms with Crippen molar-refractivity contribution >= 4 is 5.95 Å². The van der Waals surface area contributed by atoms with E-state index in [2.05, 4.69) is 37.6 Å². The van der Waals surface area contributed by atoms with Crippen molar-refractivity contribution in [2.24, 2.45) is 5.92 Å². The molecule has 0 amide bonds. The Hall–Kier alpha value is -3.19. The highest BCUT2D eigenvalue weighted by molar-refractivity contribution is 5.30. The van der Waals surface area contributed by atoms with Crippen LogP contribution in [0, 0.1) is 5.92 Å². The van der Waals surface area contributed by atoms with Gasteiger partial charge in [-0.15, -0.1) is 0 Å². The highest BCUT2D eigenvalue weighted by Crippen LogP contribution is 2.42. The molecule has 0 saturated carbocycles. The van der Waals surface area contributed by atoms with Gasteiger partial charge >= 0.3 is 0 Å². The topological polar surface area (TPSA) is 86.3 Å². The SMILES string of the molecule is COc1cccc(C[C@H]2[C@H]3C[C@H](CN(Cc4cnc(N)nc4)C3)c3cccc(=O)n32)c1. The number of nitrogen functional groups attached to an aromatic ring is 1. The number of rotatable bonds is 5. The monoisotopic (exact) mass is 417 g/mol. The van der Waals surface area contributed by atoms with Crippen molar-refractivity contribution in [1.82, 2.24) is 19.4 Å². The number of fused-ring (bicyclic) bond motifs is 4. The van der Waals surface area contributed by atoms with E-state index in [0.717, 1.165) is 49.5 Å². The van der Waals surface area contributed by atoms with Gasteiger partial charge in [0.15, 0.2) is 0 Å². The molecule has 0 radical (unpaired) electrons. The fraction of sp³-hybridized carbons (Fsp3) is 0.375. The molecule has 3 aromatic rings. The van der Waals surface area contributed by atoms with Gasteiger partial charge in [-0.25, -0.2) is 9.97 Å². The number of methoxy groups -OCH3 is 1. The number of pyridine rings is 1. The molecular formula is C24H27N5O2. The molecule has 7 nitrogen and oxygen atoms in total. The summed E-state index contributed by atoms with van der Waals surface area (Å²) in [6.45, 7) is 2.66. The lowest BCUT2D eigenvalue weighted by atomic mass is 9.76. The van der Waals surface area contributed by atoms with Gasteiger partial charge in [-0.2, -0.15) is 0 Å². The van der Waals surface area contributed by atoms with Gasteiger partial charge in [-0.05, 0) is 42.5 Å². The minimum absolute atomic E-state index is 0.0977. The van der Waals surface area contributed by atoms with Crippen molar-refractivity contribution in [3.63, 3.8) is 0 Å². The third kappa shape index (κ3) is 3.93. The number of anilines is 1. The Balaban J connectivity index is 1.46. The summed E-state index contributed by atoms with van der Waals surface area (Å²) in [5.74, 6) is 1.89. The van der Waals surface area contributed by atoms with Crippen LogP contribution in [0.4, 0.5) is 5.95 Å². The number of benzene rings is 1. The number of likely N-dealkylation sites (tertiary alicyclic amines) is 1. The van der Waals surface area contributed by atoms with Crippen molar-refractivity contribution in [1.29, 1.82) is 0 Å². The molecule has 0 spiro atoms. The molecule has 1 saturated heterocycles. The largest absolute Gasteiger partial charge is 0.497 e. The number of piperidine rings is 1. The van der Waals surface area contributed by atoms with Gasteiger partial charge in [0.25, 0.3) is 5.56 Å². The van der Waals surface area contributed by atoms with Gasteiger partial charge in [0.1, 0.15) is 5.75 Å². The van der Waals surface area contributed by atoms with Gasteiger partial charge in [-0.3, -0.25) is 9.69 Å². The molecule has 2 aliphatic heterocycles. The summed E-state index contributed by atoms with van der Waals surface area (Å²) in [6, 6.07) is 14.0. The van der Waals surface area contributed by atoms with Crippen LogP contribution in [0.5, 0.6) is 5.75 Å². The molecular weight excluding hydrogens is 390 g/mol. The summed E-state index contributed by atoms with van der Waals surface area (Å²) in [7, 11) is 1.68. The first-order valence-corrected chi connectivity index (χ1v) is 10.7. The number of ether oxygens (including phenoxy) is 1. The van der Waals surface area contributed by atoms with E-state index < -0.39 is 0 Å². The Morgan fingerprint density at radius 3 is 2.71 bits per heavy atom. The third-order valence-electron chi connectivity index (χ3n) is 6.58. The summed E-state index contributed by atoms with van der Waals surface area (Å²) >= 11 is 0. The Morgan fingerprint density at radius 1 is 1.10 bits per heavy atom. The molecule has 0 aliphatic carbocycles. The molecule has 4 heterocycles. The van der Waals surface area contributed by atoms with Crippen molar-refractivity contribution in [2.75, 3.05) is 25.9 Å². The Bertz CT molecular complexity index is 1130. The van der Waals surface area contributed by atoms with E-state index >= 15 is 0 Å². The Kier molecular flexibility index (Phi) is 5.19. The van der Waals surface area contributed by atoms with E-state index in [1.54, 1.807) is 25.6 Å². The number of nitrogens with zero attached hydrogens (tertiary/aromatic N) is 4. The second-order valence-corrected chi connectivity index (χ2v) is 8.62. The third-order valence-corrected chi connectivity index (χ3v) is 6.58. The molecule has 7 heteroatoms. The average Bonchev–Trinajstić information content (AvgIpc) is 2.78. The summed E-state index contributed by atoms with van der Waals surface area (Å²) in [6.07, 6.45) is 5.52. The van der Waals surface area contributed by atoms with Crippen LogP contribution < -0.4 is 16.0 Å². The van der Waals surface area contributed by atoms with E-state index in [1.165, 1.54) is 5.56 Å². The predicted octanol–water partition coefficient (Wildman–Crippen LogP) is 2.63. The molecule has 1 fully saturated rings. The highest BCUT2D eigenvalue weighted by Gasteiger charge is 2.40. The fourth-order valence-corrected chi connectivity index (χ4v) is 5.27. The number of hydrogen-bond acceptors (Lipinski definition) is 6. The maximum Gasteiger partial charge on any atom is 0.251 e. The summed E-state index contributed by atoms with van der Waals surface area (Å²) in [5.41, 5.74) is 9.13. The van der Waals surface area contributed by atoms with Gasteiger partial charge in [0.2, 0.25) is 5.95 Å². The van der Waals surface area contributed by atoms with Crippen LogP contribution in [0.25, 0.3) is 0 Å². The quantitative estimate of drug-likeness (QED) is 0.687. The standard InChI is InChI=1S/C24H27N5O2/c1-31-20-5-2-4-16(8-20)9-22-19-10-18(21-6-3-7-23(30)29(21)22)14-28(15-19)13-17-11-26-24(25)27-12-17/h2-8,11-12,18-19,22H,9-10,13-15H2,1H3,(H2,25,26,27)/t18-,19+,22+/m1/s1. The lowest BCUT2D eigenvalue weighted by molar-refractivity contribution is 0.0852. The predicted molar refractivity (Wildman–Crippen MR) is 119 cm³/mol. The van der Waals surface area contributed by atoms with Crippen LogP contribution in [0.3, 0.4) is 0 Å². The van der Waals surface area contributed by atoms with Crippen LogP contribution in [-0.4, -0.2) is 39.6 Å². The number of hydrogen-bond donors (Lipinski definition) is 1. The molecule has 160 valence electrons. The van der Waals surface area contributed by atoms with Crippen molar-refractivity contribution in [3.8, 4) is 5.75 Å². The minimum Gasteiger partial charge on any atom is -0.497 e. The summed E-state index contributed by atoms with van der Waals surface area (Å²) < 4.78 is 7.47. The van der Waals surface area contributed by atoms with Gasteiger partial charge < -0.3 is 15.0 Å². The second kappa shape index (κ2) is 8.15. The van der Waals surface area contributed by atoms with E-state index in [0.29, 0.717) is 17.8 Å². The zero-order chi connectivity index (χ0) is 21.4. The fourth-order valence-electron chi connectivity index (χ4n) is 5.27. The highest BCUT2D eigenvalue weighted by atomic mass is 16.5. The van der Waals surface area contributed by atoms with E-state index in [4.69, 9.17) is 10.5 Å². The van der Waals surface area contributed by atoms with E-state index in [9.17, 15) is 4.79 Å². The lowest BCUT2D eigenvalue weighted by Gasteiger charge is -2.47. The Morgan fingerprint density at radius 2 is 1.90 bits per heavy atom. The van der Waals surface area contributed by atoms with E-state index in [1.807, 2.05) is 18.2 Å². The minimum atomic E-state index is 0.0977. The van der Waals surface area contributed by atoms with Crippen LogP contribution in [0.1, 0.15) is 35.2 Å². The van der Waals surface area contributed by atoms with Gasteiger partial charge in [0.05, 0.1) is 7.11 Å². The first-order chi connectivity index (χ1) is 15.1. The van der Waals surface area contributed by atoms with E-state index in [-0.39, 0.29) is 11.6 Å². The molecule has 31 heavy (non-hydrogen) atoms. The van der Waals surface area contributed by atoms with Gasteiger partial charge in [-0.1, -0.05) is 18.2 Å². The number of aromatic nitrogens is 3. The molecule has 2 bridgehead atoms. The first kappa shape index (κ1) is 19.8. The lowest BCUT2D eigenvalue weighted by Crippen LogP contribution is -2.49. The zero-order valence-electron chi connectivity index (χ0n) is 17.6. The molecule has 2 N–H and O–H groups in total. The van der Waals surface area contributed by atoms with Crippen LogP contribution in [-0.2, 0) is 13.0 Å². The van der Waals surface area contributed by atoms with Crippen LogP contribution in [0.2, 0.25) is 0 Å². The first-order valence-electron chi connectivity index (χ1n) is 10.7. The zero-order valence-corrected chi connectivity index (χ0v) is 17.6. The van der Waals surface area contributed by atoms with Crippen molar-refractivity contribution in [2.45, 2.75) is 31.3 Å². The summed E-state index contributed by atoms with van der Waals surface area (Å²) in [5, 5.41) is 0. The Labute approximate surface area is 181 Å².